The summed E-state index contributed by atoms with van der Waals surface area (Å²) in [6, 6.07) is 20.1. The van der Waals surface area contributed by atoms with Crippen LogP contribution in [0.5, 0.6) is 11.8 Å². The third-order valence-electron chi connectivity index (χ3n) is 4.07. The Labute approximate surface area is 139 Å². The average Bonchev–Trinajstić information content (AvgIpc) is 2.65. The first-order valence-electron chi connectivity index (χ1n) is 7.67. The highest BCUT2D eigenvalue weighted by atomic mass is 16.5. The van der Waals surface area contributed by atoms with Crippen molar-refractivity contribution in [3.8, 4) is 22.9 Å². The fourth-order valence-electron chi connectivity index (χ4n) is 2.84. The molecule has 0 N–H and O–H groups in total. The third kappa shape index (κ3) is 2.42. The number of para-hydroxylation sites is 1. The Morgan fingerprint density at radius 1 is 0.708 bits per heavy atom. The number of nitrogens with zero attached hydrogens (tertiary/aromatic N) is 2. The van der Waals surface area contributed by atoms with Crippen molar-refractivity contribution in [2.24, 2.45) is 0 Å². The van der Waals surface area contributed by atoms with E-state index in [1.807, 2.05) is 48.5 Å². The number of pyridine rings is 2. The van der Waals surface area contributed by atoms with Gasteiger partial charge in [-0.3, -0.25) is 0 Å². The maximum atomic E-state index is 5.51. The van der Waals surface area contributed by atoms with E-state index < -0.39 is 0 Å². The summed E-state index contributed by atoms with van der Waals surface area (Å²) in [5.41, 5.74) is 3.75. The van der Waals surface area contributed by atoms with E-state index in [0.717, 1.165) is 32.9 Å². The SMILES string of the molecule is COc1ccc2ccc(-c3cc4ccccc4nc3OC)cc2n1. The molecule has 2 aromatic carbocycles. The first kappa shape index (κ1) is 14.5. The van der Waals surface area contributed by atoms with E-state index in [1.165, 1.54) is 0 Å². The fraction of sp³-hybridized carbons (Fsp3) is 0.100. The summed E-state index contributed by atoms with van der Waals surface area (Å²) >= 11 is 0. The Kier molecular flexibility index (Phi) is 3.50. The van der Waals surface area contributed by atoms with E-state index in [-0.39, 0.29) is 0 Å². The number of rotatable bonds is 3. The summed E-state index contributed by atoms with van der Waals surface area (Å²) in [7, 11) is 3.26. The molecular weight excluding hydrogens is 300 g/mol. The van der Waals surface area contributed by atoms with Crippen molar-refractivity contribution in [3.63, 3.8) is 0 Å². The molecule has 0 unspecified atom stereocenters. The van der Waals surface area contributed by atoms with Crippen molar-refractivity contribution in [2.45, 2.75) is 0 Å². The lowest BCUT2D eigenvalue weighted by Crippen LogP contribution is -1.93. The Morgan fingerprint density at radius 2 is 1.54 bits per heavy atom. The van der Waals surface area contributed by atoms with Gasteiger partial charge in [-0.2, -0.15) is 0 Å². The van der Waals surface area contributed by atoms with Crippen molar-refractivity contribution in [1.29, 1.82) is 0 Å². The van der Waals surface area contributed by atoms with Crippen LogP contribution >= 0.6 is 0 Å². The van der Waals surface area contributed by atoms with E-state index in [4.69, 9.17) is 9.47 Å². The zero-order valence-electron chi connectivity index (χ0n) is 13.5. The summed E-state index contributed by atoms with van der Waals surface area (Å²) in [6.45, 7) is 0. The lowest BCUT2D eigenvalue weighted by Gasteiger charge is -2.10. The molecule has 4 nitrogen and oxygen atoms in total. The molecule has 0 bridgehead atoms. The van der Waals surface area contributed by atoms with Crippen LogP contribution in [0.2, 0.25) is 0 Å². The quantitative estimate of drug-likeness (QED) is 0.559. The topological polar surface area (TPSA) is 44.2 Å². The molecule has 4 aromatic rings. The lowest BCUT2D eigenvalue weighted by atomic mass is 10.0. The molecule has 0 fully saturated rings. The van der Waals surface area contributed by atoms with Crippen LogP contribution in [-0.4, -0.2) is 24.2 Å². The molecule has 0 radical (unpaired) electrons. The molecule has 118 valence electrons. The number of benzene rings is 2. The number of hydrogen-bond donors (Lipinski definition) is 0. The van der Waals surface area contributed by atoms with Crippen molar-refractivity contribution in [1.82, 2.24) is 9.97 Å². The Bertz CT molecular complexity index is 1040. The van der Waals surface area contributed by atoms with Crippen molar-refractivity contribution in [2.75, 3.05) is 14.2 Å². The van der Waals surface area contributed by atoms with Gasteiger partial charge in [-0.15, -0.1) is 0 Å². The van der Waals surface area contributed by atoms with Crippen LogP contribution in [0, 0.1) is 0 Å². The maximum Gasteiger partial charge on any atom is 0.221 e. The van der Waals surface area contributed by atoms with Crippen LogP contribution in [0.4, 0.5) is 0 Å². The van der Waals surface area contributed by atoms with Crippen LogP contribution in [-0.2, 0) is 0 Å². The van der Waals surface area contributed by atoms with E-state index in [0.29, 0.717) is 11.8 Å². The summed E-state index contributed by atoms with van der Waals surface area (Å²) < 4.78 is 10.7. The van der Waals surface area contributed by atoms with Gasteiger partial charge in [-0.25, -0.2) is 9.97 Å². The van der Waals surface area contributed by atoms with E-state index in [1.54, 1.807) is 14.2 Å². The van der Waals surface area contributed by atoms with Gasteiger partial charge in [0.2, 0.25) is 11.8 Å². The first-order chi connectivity index (χ1) is 11.8. The van der Waals surface area contributed by atoms with Gasteiger partial charge in [0, 0.05) is 22.4 Å². The van der Waals surface area contributed by atoms with Crippen LogP contribution in [0.3, 0.4) is 0 Å². The first-order valence-corrected chi connectivity index (χ1v) is 7.67. The molecule has 0 saturated heterocycles. The second-order valence-electron chi connectivity index (χ2n) is 5.50. The van der Waals surface area contributed by atoms with Gasteiger partial charge in [0.25, 0.3) is 0 Å². The van der Waals surface area contributed by atoms with E-state index in [9.17, 15) is 0 Å². The lowest BCUT2D eigenvalue weighted by molar-refractivity contribution is 0.399. The highest BCUT2D eigenvalue weighted by molar-refractivity contribution is 5.90. The van der Waals surface area contributed by atoms with Gasteiger partial charge in [0.15, 0.2) is 0 Å². The molecule has 0 saturated carbocycles. The largest absolute Gasteiger partial charge is 0.481 e. The Balaban J connectivity index is 1.94. The molecule has 0 atom stereocenters. The Morgan fingerprint density at radius 3 is 2.38 bits per heavy atom. The molecule has 0 aliphatic heterocycles. The number of aromatic nitrogens is 2. The minimum atomic E-state index is 0.600. The van der Waals surface area contributed by atoms with Gasteiger partial charge in [-0.1, -0.05) is 30.3 Å². The maximum absolute atomic E-state index is 5.51. The van der Waals surface area contributed by atoms with Crippen molar-refractivity contribution >= 4 is 21.8 Å². The van der Waals surface area contributed by atoms with Crippen LogP contribution in [0.1, 0.15) is 0 Å². The number of ether oxygens (including phenoxy) is 2. The third-order valence-corrected chi connectivity index (χ3v) is 4.07. The molecule has 0 spiro atoms. The van der Waals surface area contributed by atoms with Crippen LogP contribution in [0.25, 0.3) is 32.9 Å². The highest BCUT2D eigenvalue weighted by Crippen LogP contribution is 2.33. The number of fused-ring (bicyclic) bond motifs is 2. The van der Waals surface area contributed by atoms with Gasteiger partial charge in [0.1, 0.15) is 0 Å². The summed E-state index contributed by atoms with van der Waals surface area (Å²) in [5.74, 6) is 1.21. The standard InChI is InChI=1S/C20H16N2O2/c1-23-19-10-9-13-7-8-14(12-18(13)21-19)16-11-15-5-3-4-6-17(15)22-20(16)24-2/h3-12H,1-2H3. The highest BCUT2D eigenvalue weighted by Gasteiger charge is 2.11. The molecule has 4 heteroatoms. The average molecular weight is 316 g/mol. The second kappa shape index (κ2) is 5.81. The zero-order chi connectivity index (χ0) is 16.5. The van der Waals surface area contributed by atoms with Crippen molar-refractivity contribution < 1.29 is 9.47 Å². The predicted molar refractivity (Wildman–Crippen MR) is 95.6 cm³/mol. The van der Waals surface area contributed by atoms with Gasteiger partial charge >= 0.3 is 0 Å². The molecule has 2 aromatic heterocycles. The molecule has 0 amide bonds. The van der Waals surface area contributed by atoms with Crippen molar-refractivity contribution in [3.05, 3.63) is 60.7 Å². The summed E-state index contributed by atoms with van der Waals surface area (Å²) in [5, 5.41) is 2.14. The zero-order valence-corrected chi connectivity index (χ0v) is 13.5. The fourth-order valence-corrected chi connectivity index (χ4v) is 2.84. The summed E-state index contributed by atoms with van der Waals surface area (Å²) in [6.07, 6.45) is 0. The van der Waals surface area contributed by atoms with Gasteiger partial charge in [0.05, 0.1) is 25.3 Å². The van der Waals surface area contributed by atoms with Gasteiger partial charge < -0.3 is 9.47 Å². The molecule has 2 heterocycles. The number of hydrogen-bond acceptors (Lipinski definition) is 4. The minimum absolute atomic E-state index is 0.600. The second-order valence-corrected chi connectivity index (χ2v) is 5.50. The molecule has 24 heavy (non-hydrogen) atoms. The molecule has 4 rings (SSSR count). The van der Waals surface area contributed by atoms with E-state index in [2.05, 4.69) is 22.1 Å². The molecular formula is C20H16N2O2. The molecule has 0 aliphatic carbocycles. The summed E-state index contributed by atoms with van der Waals surface area (Å²) in [4.78, 5) is 9.13. The monoisotopic (exact) mass is 316 g/mol. The van der Waals surface area contributed by atoms with Crippen LogP contribution < -0.4 is 9.47 Å². The number of methoxy groups -OCH3 is 2. The normalized spacial score (nSPS) is 10.9. The molecule has 0 aliphatic rings. The predicted octanol–water partition coefficient (Wildman–Crippen LogP) is 4.47. The minimum Gasteiger partial charge on any atom is -0.481 e. The van der Waals surface area contributed by atoms with Crippen LogP contribution in [0.15, 0.2) is 60.7 Å². The van der Waals surface area contributed by atoms with E-state index >= 15 is 0 Å². The Hall–Kier alpha value is -3.14. The smallest absolute Gasteiger partial charge is 0.221 e. The van der Waals surface area contributed by atoms with Gasteiger partial charge in [-0.05, 0) is 29.8 Å².